The second-order valence-electron chi connectivity index (χ2n) is 4.56. The summed E-state index contributed by atoms with van der Waals surface area (Å²) in [6.07, 6.45) is 4.19. The Kier molecular flexibility index (Phi) is 4.92. The van der Waals surface area contributed by atoms with Gasteiger partial charge in [0.05, 0.1) is 11.8 Å². The van der Waals surface area contributed by atoms with E-state index in [2.05, 4.69) is 5.32 Å². The number of likely N-dealkylation sites (N-methyl/N-ethyl adjacent to an activating group) is 1. The number of hydrogen-bond donors (Lipinski definition) is 1. The molecular formula is C11H21NO3S. The van der Waals surface area contributed by atoms with Crippen molar-refractivity contribution in [3.05, 3.63) is 0 Å². The van der Waals surface area contributed by atoms with Gasteiger partial charge in [-0.1, -0.05) is 13.3 Å². The Hall–Kier alpha value is -0.420. The highest BCUT2D eigenvalue weighted by Gasteiger charge is 2.31. The Morgan fingerprint density at radius 3 is 2.62 bits per heavy atom. The number of ketones is 1. The molecule has 0 radical (unpaired) electrons. The smallest absolute Gasteiger partial charge is 0.150 e. The molecule has 94 valence electrons. The van der Waals surface area contributed by atoms with Crippen molar-refractivity contribution >= 4 is 15.6 Å². The minimum atomic E-state index is -2.99. The van der Waals surface area contributed by atoms with Crippen LogP contribution in [0, 0.1) is 5.92 Å². The molecule has 0 aromatic heterocycles. The van der Waals surface area contributed by atoms with Crippen molar-refractivity contribution in [1.82, 2.24) is 5.32 Å². The van der Waals surface area contributed by atoms with Gasteiger partial charge in [0.15, 0.2) is 0 Å². The molecule has 0 aliphatic heterocycles. The van der Waals surface area contributed by atoms with Gasteiger partial charge in [-0.15, -0.1) is 0 Å². The second kappa shape index (κ2) is 5.77. The molecule has 0 heterocycles. The molecule has 4 nitrogen and oxygen atoms in total. The summed E-state index contributed by atoms with van der Waals surface area (Å²) in [7, 11) is -2.99. The summed E-state index contributed by atoms with van der Waals surface area (Å²) in [5, 5.41) is 2.69. The van der Waals surface area contributed by atoms with Crippen LogP contribution in [0.2, 0.25) is 0 Å². The molecule has 2 unspecified atom stereocenters. The van der Waals surface area contributed by atoms with Crippen LogP contribution >= 0.6 is 0 Å². The Labute approximate surface area is 97.7 Å². The molecule has 1 aliphatic carbocycles. The Balaban J connectivity index is 2.54. The first-order chi connectivity index (χ1) is 7.45. The van der Waals surface area contributed by atoms with Crippen molar-refractivity contribution in [1.29, 1.82) is 0 Å². The van der Waals surface area contributed by atoms with E-state index in [0.717, 1.165) is 19.4 Å². The van der Waals surface area contributed by atoms with Crippen LogP contribution in [0.25, 0.3) is 0 Å². The van der Waals surface area contributed by atoms with Gasteiger partial charge in [-0.25, -0.2) is 8.42 Å². The number of Topliss-reactive ketones (excluding diaryl/α,β-unsaturated/α-hetero) is 1. The molecule has 0 saturated heterocycles. The zero-order valence-corrected chi connectivity index (χ0v) is 10.8. The van der Waals surface area contributed by atoms with Gasteiger partial charge in [-0.3, -0.25) is 4.79 Å². The zero-order chi connectivity index (χ0) is 12.2. The first-order valence-electron chi connectivity index (χ1n) is 5.87. The Bertz CT molecular complexity index is 337. The van der Waals surface area contributed by atoms with Crippen LogP contribution in [0.15, 0.2) is 0 Å². The van der Waals surface area contributed by atoms with Crippen LogP contribution in [-0.4, -0.2) is 38.8 Å². The largest absolute Gasteiger partial charge is 0.310 e. The Morgan fingerprint density at radius 1 is 1.38 bits per heavy atom. The number of sulfone groups is 1. The van der Waals surface area contributed by atoms with Crippen LogP contribution in [0.5, 0.6) is 0 Å². The number of nitrogens with one attached hydrogen (secondary N) is 1. The summed E-state index contributed by atoms with van der Waals surface area (Å²) in [6, 6.07) is 0. The normalized spacial score (nSPS) is 26.6. The van der Waals surface area contributed by atoms with Gasteiger partial charge in [0.2, 0.25) is 0 Å². The summed E-state index contributed by atoms with van der Waals surface area (Å²) < 4.78 is 22.9. The van der Waals surface area contributed by atoms with E-state index >= 15 is 0 Å². The summed E-state index contributed by atoms with van der Waals surface area (Å²) in [4.78, 5) is 11.8. The van der Waals surface area contributed by atoms with E-state index in [1.807, 2.05) is 6.92 Å². The fourth-order valence-electron chi connectivity index (χ4n) is 2.22. The van der Waals surface area contributed by atoms with E-state index in [1.165, 1.54) is 6.26 Å². The third-order valence-electron chi connectivity index (χ3n) is 3.24. The molecule has 0 spiro atoms. The fraction of sp³-hybridized carbons (Fsp3) is 0.909. The van der Waals surface area contributed by atoms with E-state index in [-0.39, 0.29) is 17.0 Å². The van der Waals surface area contributed by atoms with E-state index in [1.54, 1.807) is 0 Å². The molecule has 16 heavy (non-hydrogen) atoms. The molecule has 0 aromatic carbocycles. The molecule has 0 bridgehead atoms. The van der Waals surface area contributed by atoms with E-state index < -0.39 is 9.84 Å². The van der Waals surface area contributed by atoms with Crippen molar-refractivity contribution in [2.45, 2.75) is 37.9 Å². The quantitative estimate of drug-likeness (QED) is 0.779. The van der Waals surface area contributed by atoms with Gasteiger partial charge in [0.1, 0.15) is 15.6 Å². The lowest BCUT2D eigenvalue weighted by molar-refractivity contribution is -0.122. The molecule has 2 atom stereocenters. The first kappa shape index (κ1) is 13.6. The van der Waals surface area contributed by atoms with Gasteiger partial charge in [-0.05, 0) is 25.8 Å². The van der Waals surface area contributed by atoms with Crippen molar-refractivity contribution in [3.63, 3.8) is 0 Å². The predicted octanol–water partition coefficient (Wildman–Crippen LogP) is 0.768. The fourth-order valence-corrected chi connectivity index (χ4v) is 3.40. The first-order valence-corrected chi connectivity index (χ1v) is 7.83. The van der Waals surface area contributed by atoms with Crippen LogP contribution < -0.4 is 5.32 Å². The predicted molar refractivity (Wildman–Crippen MR) is 64.1 cm³/mol. The number of carbonyl (C=O) groups is 1. The van der Waals surface area contributed by atoms with Gasteiger partial charge < -0.3 is 5.32 Å². The molecule has 1 saturated carbocycles. The van der Waals surface area contributed by atoms with E-state index in [0.29, 0.717) is 19.4 Å². The summed E-state index contributed by atoms with van der Waals surface area (Å²) in [5.41, 5.74) is 0. The van der Waals surface area contributed by atoms with Crippen molar-refractivity contribution < 1.29 is 13.2 Å². The minimum Gasteiger partial charge on any atom is -0.310 e. The molecule has 5 heteroatoms. The number of rotatable bonds is 5. The van der Waals surface area contributed by atoms with Crippen LogP contribution in [-0.2, 0) is 14.6 Å². The second-order valence-corrected chi connectivity index (χ2v) is 6.89. The molecule has 1 rings (SSSR count). The standard InChI is InChI=1S/C11H21NO3S/c1-3-12-8-11(13)9-5-4-6-10(7-9)16(2,14)15/h9-10,12H,3-8H2,1-2H3. The van der Waals surface area contributed by atoms with Crippen LogP contribution in [0.4, 0.5) is 0 Å². The van der Waals surface area contributed by atoms with Gasteiger partial charge in [0, 0.05) is 12.2 Å². The average Bonchev–Trinajstić information content (AvgIpc) is 2.25. The maximum atomic E-state index is 11.8. The number of hydrogen-bond acceptors (Lipinski definition) is 4. The molecule has 1 aliphatic rings. The van der Waals surface area contributed by atoms with Gasteiger partial charge >= 0.3 is 0 Å². The number of carbonyl (C=O) groups excluding carboxylic acids is 1. The highest BCUT2D eigenvalue weighted by atomic mass is 32.2. The lowest BCUT2D eigenvalue weighted by Crippen LogP contribution is -2.35. The molecule has 1 N–H and O–H groups in total. The Morgan fingerprint density at radius 2 is 2.06 bits per heavy atom. The maximum Gasteiger partial charge on any atom is 0.150 e. The topological polar surface area (TPSA) is 63.2 Å². The summed E-state index contributed by atoms with van der Waals surface area (Å²) >= 11 is 0. The lowest BCUT2D eigenvalue weighted by atomic mass is 9.86. The van der Waals surface area contributed by atoms with E-state index in [4.69, 9.17) is 0 Å². The summed E-state index contributed by atoms with van der Waals surface area (Å²) in [5.74, 6) is 0.0997. The van der Waals surface area contributed by atoms with Gasteiger partial charge in [-0.2, -0.15) is 0 Å². The maximum absolute atomic E-state index is 11.8. The summed E-state index contributed by atoms with van der Waals surface area (Å²) in [6.45, 7) is 3.10. The van der Waals surface area contributed by atoms with Crippen molar-refractivity contribution in [3.8, 4) is 0 Å². The SMILES string of the molecule is CCNCC(=O)C1CCCC(S(C)(=O)=O)C1. The van der Waals surface area contributed by atoms with Crippen molar-refractivity contribution in [2.24, 2.45) is 5.92 Å². The van der Waals surface area contributed by atoms with Crippen molar-refractivity contribution in [2.75, 3.05) is 19.3 Å². The molecular weight excluding hydrogens is 226 g/mol. The zero-order valence-electron chi connectivity index (χ0n) is 10.0. The van der Waals surface area contributed by atoms with Gasteiger partial charge in [0.25, 0.3) is 0 Å². The lowest BCUT2D eigenvalue weighted by Gasteiger charge is -2.27. The molecule has 0 amide bonds. The molecule has 0 aromatic rings. The minimum absolute atomic E-state index is 0.0625. The van der Waals surface area contributed by atoms with E-state index in [9.17, 15) is 13.2 Å². The monoisotopic (exact) mass is 247 g/mol. The highest BCUT2D eigenvalue weighted by molar-refractivity contribution is 7.91. The molecule has 1 fully saturated rings. The third kappa shape index (κ3) is 3.87. The third-order valence-corrected chi connectivity index (χ3v) is 4.88. The average molecular weight is 247 g/mol. The van der Waals surface area contributed by atoms with Crippen LogP contribution in [0.3, 0.4) is 0 Å². The highest BCUT2D eigenvalue weighted by Crippen LogP contribution is 2.28. The van der Waals surface area contributed by atoms with Crippen LogP contribution in [0.1, 0.15) is 32.6 Å².